The van der Waals surface area contributed by atoms with Crippen molar-refractivity contribution >= 4 is 5.78 Å². The number of Topliss-reactive ketones (excluding diaryl/α,β-unsaturated/α-hetero) is 1. The van der Waals surface area contributed by atoms with Crippen LogP contribution < -0.4 is 0 Å². The Bertz CT molecular complexity index is 274. The van der Waals surface area contributed by atoms with E-state index in [1.165, 1.54) is 0 Å². The number of carbonyl (C=O) groups is 1. The number of rotatable bonds is 17. The van der Waals surface area contributed by atoms with Crippen molar-refractivity contribution in [1.82, 2.24) is 0 Å². The van der Waals surface area contributed by atoms with Gasteiger partial charge in [-0.05, 0) is 12.8 Å². The molecule has 0 aliphatic rings. The van der Waals surface area contributed by atoms with E-state index < -0.39 is 0 Å². The second-order valence-electron chi connectivity index (χ2n) is 5.12. The van der Waals surface area contributed by atoms with Gasteiger partial charge in [-0.3, -0.25) is 4.79 Å². The van der Waals surface area contributed by atoms with E-state index in [-0.39, 0.29) is 19.7 Å². The summed E-state index contributed by atoms with van der Waals surface area (Å²) in [5.41, 5.74) is 0. The second kappa shape index (κ2) is 16.6. The fourth-order valence-electron chi connectivity index (χ4n) is 1.74. The highest BCUT2D eigenvalue weighted by Crippen LogP contribution is 2.06. The molecule has 0 saturated carbocycles. The normalized spacial score (nSPS) is 12.3. The smallest absolute Gasteiger partial charge is 0.161 e. The van der Waals surface area contributed by atoms with Gasteiger partial charge in [-0.1, -0.05) is 26.3 Å². The zero-order valence-corrected chi connectivity index (χ0v) is 14.2. The summed E-state index contributed by atoms with van der Waals surface area (Å²) in [5, 5.41) is 0. The molecule has 0 aromatic carbocycles. The van der Waals surface area contributed by atoms with Crippen LogP contribution in [0.25, 0.3) is 0 Å². The summed E-state index contributed by atoms with van der Waals surface area (Å²) >= 11 is 0. The van der Waals surface area contributed by atoms with Crippen LogP contribution in [0.5, 0.6) is 0 Å². The quantitative estimate of drug-likeness (QED) is 0.305. The molecule has 0 rings (SSSR count). The van der Waals surface area contributed by atoms with E-state index in [9.17, 15) is 4.79 Å². The first-order chi connectivity index (χ1) is 10.7. The highest BCUT2D eigenvalue weighted by molar-refractivity contribution is 5.81. The molecule has 0 fully saturated rings. The molecule has 0 radical (unpaired) electrons. The number of ether oxygens (including phenoxy) is 4. The van der Waals surface area contributed by atoms with E-state index in [2.05, 4.69) is 13.5 Å². The molecule has 0 bridgehead atoms. The van der Waals surface area contributed by atoms with Crippen molar-refractivity contribution in [2.45, 2.75) is 33.1 Å². The molecule has 0 heterocycles. The summed E-state index contributed by atoms with van der Waals surface area (Å²) in [6.45, 7) is 11.7. The Hall–Kier alpha value is -0.750. The zero-order valence-electron chi connectivity index (χ0n) is 14.2. The van der Waals surface area contributed by atoms with Gasteiger partial charge in [0.1, 0.15) is 6.61 Å². The fraction of sp³-hybridized carbons (Fsp3) is 0.824. The Labute approximate surface area is 136 Å². The van der Waals surface area contributed by atoms with Gasteiger partial charge in [0.15, 0.2) is 5.78 Å². The lowest BCUT2D eigenvalue weighted by molar-refractivity contribution is -0.127. The van der Waals surface area contributed by atoms with E-state index in [1.54, 1.807) is 0 Å². The van der Waals surface area contributed by atoms with Gasteiger partial charge in [0.05, 0.1) is 46.2 Å². The maximum atomic E-state index is 11.6. The average Bonchev–Trinajstić information content (AvgIpc) is 2.51. The Kier molecular flexibility index (Phi) is 16.1. The van der Waals surface area contributed by atoms with Crippen molar-refractivity contribution in [2.75, 3.05) is 52.9 Å². The Balaban J connectivity index is 0. The molecule has 5 heteroatoms. The van der Waals surface area contributed by atoms with Crippen LogP contribution in [0, 0.1) is 5.92 Å². The lowest BCUT2D eigenvalue weighted by Gasteiger charge is -2.10. The van der Waals surface area contributed by atoms with E-state index in [0.29, 0.717) is 46.2 Å². The van der Waals surface area contributed by atoms with Gasteiger partial charge < -0.3 is 18.9 Å². The van der Waals surface area contributed by atoms with Gasteiger partial charge in [0, 0.05) is 7.34 Å². The van der Waals surface area contributed by atoms with Gasteiger partial charge >= 0.3 is 0 Å². The molecule has 22 heavy (non-hydrogen) atoms. The maximum Gasteiger partial charge on any atom is 0.161 e. The van der Waals surface area contributed by atoms with Crippen LogP contribution in [0.3, 0.4) is 0 Å². The van der Waals surface area contributed by atoms with Crippen molar-refractivity contribution in [3.8, 4) is 0 Å². The fourth-order valence-corrected chi connectivity index (χ4v) is 1.74. The largest absolute Gasteiger partial charge is 0.379 e. The number of hydrogen-bond donors (Lipinski definition) is 0. The van der Waals surface area contributed by atoms with Crippen LogP contribution in [-0.4, -0.2) is 58.6 Å². The van der Waals surface area contributed by atoms with E-state index >= 15 is 0 Å². The molecule has 0 aliphatic carbocycles. The highest BCUT2D eigenvalue weighted by atomic mass is 16.6. The zero-order chi connectivity index (χ0) is 16.5. The third-order valence-corrected chi connectivity index (χ3v) is 3.10. The molecule has 0 aromatic heterocycles. The van der Waals surface area contributed by atoms with Crippen LogP contribution in [0.4, 0.5) is 0 Å². The van der Waals surface area contributed by atoms with Crippen LogP contribution in [0.1, 0.15) is 34.5 Å². The van der Waals surface area contributed by atoms with Crippen LogP contribution in [0.2, 0.25) is 0 Å². The first-order valence-electron chi connectivity index (χ1n) is 8.16. The van der Waals surface area contributed by atoms with Crippen molar-refractivity contribution in [3.05, 3.63) is 12.7 Å². The molecular weight excluding hydrogens is 284 g/mol. The summed E-state index contributed by atoms with van der Waals surface area (Å²) in [4.78, 5) is 11.6. The molecule has 0 spiro atoms. The lowest BCUT2D eigenvalue weighted by Crippen LogP contribution is -2.19. The summed E-state index contributed by atoms with van der Waals surface area (Å²) in [6.07, 6.45) is 4.64. The molecule has 0 N–H and O–H groups in total. The Morgan fingerprint density at radius 2 is 1.50 bits per heavy atom. The van der Waals surface area contributed by atoms with Gasteiger partial charge in [-0.2, -0.15) is 0 Å². The van der Waals surface area contributed by atoms with Crippen molar-refractivity contribution in [2.24, 2.45) is 5.92 Å². The minimum atomic E-state index is 0. The Morgan fingerprint density at radius 3 is 2.00 bits per heavy atom. The molecule has 0 aliphatic heterocycles. The molecule has 132 valence electrons. The predicted octanol–water partition coefficient (Wildman–Crippen LogP) is 2.88. The van der Waals surface area contributed by atoms with Crippen molar-refractivity contribution in [3.63, 3.8) is 0 Å². The van der Waals surface area contributed by atoms with E-state index in [1.807, 2.05) is 13.0 Å². The second-order valence-corrected chi connectivity index (χ2v) is 5.12. The summed E-state index contributed by atoms with van der Waals surface area (Å²) in [7, 11) is 0. The standard InChI is InChI=1S/C17H32O5.H2/c1-4-6-8-19-9-10-20-11-12-21-13-14-22-15-17(18)16(3)7-5-2;/h4,16H,1,5-15H2,2-3H3;1H. The van der Waals surface area contributed by atoms with E-state index in [0.717, 1.165) is 19.3 Å². The number of carbonyl (C=O) groups excluding carboxylic acids is 1. The topological polar surface area (TPSA) is 54.0 Å². The third kappa shape index (κ3) is 14.2. The third-order valence-electron chi connectivity index (χ3n) is 3.10. The van der Waals surface area contributed by atoms with E-state index in [4.69, 9.17) is 18.9 Å². The minimum Gasteiger partial charge on any atom is -0.379 e. The molecule has 5 nitrogen and oxygen atoms in total. The first-order valence-corrected chi connectivity index (χ1v) is 8.16. The highest BCUT2D eigenvalue weighted by Gasteiger charge is 2.11. The van der Waals surface area contributed by atoms with Crippen molar-refractivity contribution < 1.29 is 25.2 Å². The van der Waals surface area contributed by atoms with Crippen molar-refractivity contribution in [1.29, 1.82) is 0 Å². The molecule has 1 unspecified atom stereocenters. The molecule has 1 atom stereocenters. The number of ketones is 1. The van der Waals surface area contributed by atoms with Crippen LogP contribution in [0.15, 0.2) is 12.7 Å². The molecule has 0 aromatic rings. The molecular formula is C17H34O5. The summed E-state index contributed by atoms with van der Waals surface area (Å²) in [6, 6.07) is 0. The maximum absolute atomic E-state index is 11.6. The predicted molar refractivity (Wildman–Crippen MR) is 89.3 cm³/mol. The van der Waals surface area contributed by atoms with Gasteiger partial charge in [-0.15, -0.1) is 6.58 Å². The summed E-state index contributed by atoms with van der Waals surface area (Å²) in [5.74, 6) is 0.259. The monoisotopic (exact) mass is 318 g/mol. The lowest BCUT2D eigenvalue weighted by atomic mass is 10.0. The average molecular weight is 318 g/mol. The molecule has 0 amide bonds. The van der Waals surface area contributed by atoms with Gasteiger partial charge in [-0.25, -0.2) is 0 Å². The van der Waals surface area contributed by atoms with Gasteiger partial charge in [0.2, 0.25) is 0 Å². The minimum absolute atomic E-state index is 0. The summed E-state index contributed by atoms with van der Waals surface area (Å²) < 4.78 is 21.3. The van der Waals surface area contributed by atoms with Crippen LogP contribution in [-0.2, 0) is 23.7 Å². The molecule has 0 saturated heterocycles. The Morgan fingerprint density at radius 1 is 1.00 bits per heavy atom. The SMILES string of the molecule is C=CCCOCCOCCOCCOCC(=O)C(C)CCC.[HH]. The van der Waals surface area contributed by atoms with Gasteiger partial charge in [0.25, 0.3) is 0 Å². The number of hydrogen-bond acceptors (Lipinski definition) is 5. The first kappa shape index (κ1) is 21.2. The van der Waals surface area contributed by atoms with Crippen LogP contribution >= 0.6 is 0 Å².